The molecule has 2 aromatic carbocycles. The van der Waals surface area contributed by atoms with Gasteiger partial charge in [-0.2, -0.15) is 5.26 Å². The molecule has 0 saturated carbocycles. The molecule has 3 heterocycles. The fourth-order valence-corrected chi connectivity index (χ4v) is 3.68. The van der Waals surface area contributed by atoms with Crippen LogP contribution in [0, 0.1) is 11.3 Å². The summed E-state index contributed by atoms with van der Waals surface area (Å²) in [5.74, 6) is -0.334. The van der Waals surface area contributed by atoms with Crippen LogP contribution in [0.5, 0.6) is 11.6 Å². The molecule has 0 aliphatic carbocycles. The van der Waals surface area contributed by atoms with Gasteiger partial charge in [0.15, 0.2) is 0 Å². The van der Waals surface area contributed by atoms with Gasteiger partial charge >= 0.3 is 5.97 Å². The minimum absolute atomic E-state index is 0.00411. The third kappa shape index (κ3) is 3.28. The Morgan fingerprint density at radius 1 is 1.09 bits per heavy atom. The summed E-state index contributed by atoms with van der Waals surface area (Å²) in [6, 6.07) is 21.8. The van der Waals surface area contributed by atoms with E-state index in [0.29, 0.717) is 17.2 Å². The van der Waals surface area contributed by atoms with E-state index in [4.69, 9.17) is 19.6 Å². The molecule has 0 spiro atoms. The van der Waals surface area contributed by atoms with Crippen LogP contribution in [0.2, 0.25) is 0 Å². The van der Waals surface area contributed by atoms with Crippen LogP contribution in [-0.4, -0.2) is 16.2 Å². The smallest absolute Gasteiger partial charge is 0.379 e. The third-order valence-corrected chi connectivity index (χ3v) is 5.15. The lowest BCUT2D eigenvalue weighted by atomic mass is 9.83. The lowest BCUT2D eigenvalue weighted by Gasteiger charge is -2.24. The van der Waals surface area contributed by atoms with E-state index in [1.54, 1.807) is 30.3 Å². The van der Waals surface area contributed by atoms with Crippen LogP contribution in [0.15, 0.2) is 88.9 Å². The molecule has 1 aliphatic heterocycles. The van der Waals surface area contributed by atoms with Gasteiger partial charge in [0.2, 0.25) is 17.5 Å². The molecule has 1 aliphatic rings. The largest absolute Gasteiger partial charge is 0.457 e. The summed E-state index contributed by atoms with van der Waals surface area (Å²) in [6.07, 6.45) is 1.40. The Bertz CT molecular complexity index is 1350. The van der Waals surface area contributed by atoms with Crippen molar-refractivity contribution in [3.8, 4) is 29.0 Å². The number of rotatable bonds is 4. The van der Waals surface area contributed by atoms with Gasteiger partial charge in [0.05, 0.1) is 23.4 Å². The highest BCUT2D eigenvalue weighted by Gasteiger charge is 2.35. The maximum Gasteiger partial charge on any atom is 0.379 e. The number of ether oxygens (including phenoxy) is 2. The van der Waals surface area contributed by atoms with E-state index in [0.717, 1.165) is 16.8 Å². The fraction of sp³-hybridized carbons (Fsp3) is 0.0417. The first kappa shape index (κ1) is 19.2. The van der Waals surface area contributed by atoms with Gasteiger partial charge in [0, 0.05) is 0 Å². The molecule has 8 heteroatoms. The second-order valence-electron chi connectivity index (χ2n) is 7.04. The third-order valence-electron chi connectivity index (χ3n) is 5.15. The molecular formula is C24H16N4O4. The van der Waals surface area contributed by atoms with Gasteiger partial charge in [0.1, 0.15) is 17.4 Å². The summed E-state index contributed by atoms with van der Waals surface area (Å²) in [4.78, 5) is 12.1. The maximum absolute atomic E-state index is 12.1. The van der Waals surface area contributed by atoms with Crippen LogP contribution in [-0.2, 0) is 0 Å². The topological polar surface area (TPSA) is 127 Å². The van der Waals surface area contributed by atoms with E-state index in [1.165, 1.54) is 12.3 Å². The molecule has 5 rings (SSSR count). The number of carbonyl (C=O) groups is 1. The number of aromatic nitrogens is 2. The Morgan fingerprint density at radius 2 is 1.88 bits per heavy atom. The molecule has 32 heavy (non-hydrogen) atoms. The maximum atomic E-state index is 12.1. The molecule has 156 valence electrons. The zero-order chi connectivity index (χ0) is 22.1. The summed E-state index contributed by atoms with van der Waals surface area (Å²) in [6.45, 7) is 0. The van der Waals surface area contributed by atoms with Gasteiger partial charge in [-0.3, -0.25) is 5.10 Å². The number of hydrogen-bond acceptors (Lipinski definition) is 7. The predicted octanol–water partition coefficient (Wildman–Crippen LogP) is 4.11. The van der Waals surface area contributed by atoms with Crippen molar-refractivity contribution in [3.63, 3.8) is 0 Å². The minimum Gasteiger partial charge on any atom is -0.457 e. The number of nitrogens with one attached hydrogen (secondary N) is 1. The highest BCUT2D eigenvalue weighted by atomic mass is 16.5. The fourth-order valence-electron chi connectivity index (χ4n) is 3.68. The quantitative estimate of drug-likeness (QED) is 0.373. The molecule has 0 unspecified atom stereocenters. The van der Waals surface area contributed by atoms with Crippen LogP contribution in [0.4, 0.5) is 0 Å². The lowest BCUT2D eigenvalue weighted by molar-refractivity contribution is 0.0701. The molecule has 0 fully saturated rings. The van der Waals surface area contributed by atoms with Gasteiger partial charge < -0.3 is 19.6 Å². The van der Waals surface area contributed by atoms with Crippen molar-refractivity contribution in [2.24, 2.45) is 5.73 Å². The highest BCUT2D eigenvalue weighted by molar-refractivity contribution is 5.88. The van der Waals surface area contributed by atoms with E-state index < -0.39 is 11.9 Å². The van der Waals surface area contributed by atoms with Crippen molar-refractivity contribution in [3.05, 3.63) is 101 Å². The van der Waals surface area contributed by atoms with E-state index >= 15 is 0 Å². The highest BCUT2D eigenvalue weighted by Crippen LogP contribution is 2.45. The standard InChI is InChI=1S/C24H16N4O4/c25-13-17-19(14-8-10-16(11-9-14)31-24(29)18-7-4-12-30-18)20-21(15-5-2-1-3-6-15)27-28-23(20)32-22(17)26/h1-12,19H,26H2,(H,27,28)/t19-/m0/s1. The summed E-state index contributed by atoms with van der Waals surface area (Å²) >= 11 is 0. The summed E-state index contributed by atoms with van der Waals surface area (Å²) in [5, 5.41) is 17.1. The number of hydrogen-bond donors (Lipinski definition) is 2. The van der Waals surface area contributed by atoms with Gasteiger partial charge in [0.25, 0.3) is 0 Å². The predicted molar refractivity (Wildman–Crippen MR) is 113 cm³/mol. The van der Waals surface area contributed by atoms with E-state index in [-0.39, 0.29) is 17.2 Å². The average molecular weight is 424 g/mol. The molecule has 8 nitrogen and oxygen atoms in total. The Hall–Kier alpha value is -4.77. The number of benzene rings is 2. The molecule has 3 N–H and O–H groups in total. The number of esters is 1. The van der Waals surface area contributed by atoms with Gasteiger partial charge in [-0.1, -0.05) is 42.5 Å². The normalized spacial score (nSPS) is 14.9. The van der Waals surface area contributed by atoms with Crippen molar-refractivity contribution < 1.29 is 18.7 Å². The molecule has 0 amide bonds. The molecule has 2 aromatic heterocycles. The van der Waals surface area contributed by atoms with Crippen molar-refractivity contribution in [1.29, 1.82) is 5.26 Å². The molecule has 1 atom stereocenters. The van der Waals surface area contributed by atoms with Gasteiger partial charge in [-0.05, 0) is 35.4 Å². The second-order valence-corrected chi connectivity index (χ2v) is 7.04. The first-order valence-corrected chi connectivity index (χ1v) is 9.72. The number of allylic oxidation sites excluding steroid dienone is 1. The molecular weight excluding hydrogens is 408 g/mol. The zero-order valence-electron chi connectivity index (χ0n) is 16.6. The molecule has 0 radical (unpaired) electrons. The SMILES string of the molecule is N#CC1=C(N)Oc2n[nH]c(-c3ccccc3)c2[C@H]1c1ccc(OC(=O)c2ccco2)cc1. The average Bonchev–Trinajstić information content (AvgIpc) is 3.50. The monoisotopic (exact) mass is 424 g/mol. The Balaban J connectivity index is 1.53. The van der Waals surface area contributed by atoms with E-state index in [9.17, 15) is 10.1 Å². The Morgan fingerprint density at radius 3 is 2.56 bits per heavy atom. The Labute approximate surface area is 182 Å². The molecule has 0 bridgehead atoms. The van der Waals surface area contributed by atoms with Gasteiger partial charge in [-0.25, -0.2) is 4.79 Å². The van der Waals surface area contributed by atoms with Gasteiger partial charge in [-0.15, -0.1) is 5.10 Å². The number of carbonyl (C=O) groups excluding carboxylic acids is 1. The van der Waals surface area contributed by atoms with Crippen molar-refractivity contribution in [2.75, 3.05) is 0 Å². The number of nitrogens with zero attached hydrogens (tertiary/aromatic N) is 2. The van der Waals surface area contributed by atoms with Crippen LogP contribution in [0.25, 0.3) is 11.3 Å². The number of furan rings is 1. The Kier molecular flexibility index (Phi) is 4.69. The number of aromatic amines is 1. The second kappa shape index (κ2) is 7.81. The minimum atomic E-state index is -0.598. The van der Waals surface area contributed by atoms with E-state index in [2.05, 4.69) is 16.3 Å². The van der Waals surface area contributed by atoms with Crippen LogP contribution in [0.3, 0.4) is 0 Å². The van der Waals surface area contributed by atoms with Crippen LogP contribution >= 0.6 is 0 Å². The van der Waals surface area contributed by atoms with Crippen molar-refractivity contribution in [2.45, 2.75) is 5.92 Å². The number of H-pyrrole nitrogens is 1. The number of nitriles is 1. The summed E-state index contributed by atoms with van der Waals surface area (Å²) < 4.78 is 16.0. The molecule has 4 aromatic rings. The van der Waals surface area contributed by atoms with Crippen LogP contribution < -0.4 is 15.2 Å². The van der Waals surface area contributed by atoms with Crippen molar-refractivity contribution in [1.82, 2.24) is 10.2 Å². The first-order chi connectivity index (χ1) is 15.7. The zero-order valence-corrected chi connectivity index (χ0v) is 16.6. The lowest BCUT2D eigenvalue weighted by Crippen LogP contribution is -2.21. The van der Waals surface area contributed by atoms with E-state index in [1.807, 2.05) is 30.3 Å². The molecule has 0 saturated heterocycles. The summed E-state index contributed by atoms with van der Waals surface area (Å²) in [5.41, 5.74) is 9.42. The summed E-state index contributed by atoms with van der Waals surface area (Å²) in [7, 11) is 0. The first-order valence-electron chi connectivity index (χ1n) is 9.72. The van der Waals surface area contributed by atoms with Crippen molar-refractivity contribution >= 4 is 5.97 Å². The number of fused-ring (bicyclic) bond motifs is 1. The number of nitrogens with two attached hydrogens (primary N) is 1. The van der Waals surface area contributed by atoms with Crippen LogP contribution in [0.1, 0.15) is 27.6 Å².